The van der Waals surface area contributed by atoms with Crippen LogP contribution in [0.1, 0.15) is 18.0 Å². The van der Waals surface area contributed by atoms with Gasteiger partial charge in [-0.05, 0) is 19.0 Å². The van der Waals surface area contributed by atoms with Crippen molar-refractivity contribution in [2.45, 2.75) is 18.5 Å². The van der Waals surface area contributed by atoms with Crippen molar-refractivity contribution in [2.24, 2.45) is 0 Å². The van der Waals surface area contributed by atoms with E-state index in [0.29, 0.717) is 11.6 Å². The van der Waals surface area contributed by atoms with Crippen molar-refractivity contribution in [3.05, 3.63) is 48.3 Å². The van der Waals surface area contributed by atoms with Crippen molar-refractivity contribution >= 4 is 17.7 Å². The van der Waals surface area contributed by atoms with Gasteiger partial charge in [-0.15, -0.1) is 0 Å². The predicted octanol–water partition coefficient (Wildman–Crippen LogP) is 2.11. The van der Waals surface area contributed by atoms with E-state index < -0.39 is 0 Å². The molecule has 0 bridgehead atoms. The maximum absolute atomic E-state index is 12.4. The molecule has 0 saturated carbocycles. The first-order valence-corrected chi connectivity index (χ1v) is 8.36. The van der Waals surface area contributed by atoms with Gasteiger partial charge < -0.3 is 15.5 Å². The van der Waals surface area contributed by atoms with E-state index in [1.54, 1.807) is 12.4 Å². The minimum absolute atomic E-state index is 0.0642. The average Bonchev–Trinajstić information content (AvgIpc) is 2.96. The molecule has 3 rings (SSSR count). The standard InChI is InChI=1S/C18H24N6O/c1-23(2)17-19-11-14(12-20-17)21-18(25)22-15-9-10-24(3)16(15)13-7-5-4-6-8-13/h4-8,11-12,15-16H,9-10H2,1-3H3,(H2,21,22,25)/t15-,16-/m1/s1. The van der Waals surface area contributed by atoms with Crippen LogP contribution < -0.4 is 15.5 Å². The average molecular weight is 340 g/mol. The second-order valence-electron chi connectivity index (χ2n) is 6.50. The molecule has 0 aliphatic carbocycles. The van der Waals surface area contributed by atoms with Gasteiger partial charge in [0.15, 0.2) is 0 Å². The molecule has 1 saturated heterocycles. The molecule has 25 heavy (non-hydrogen) atoms. The van der Waals surface area contributed by atoms with E-state index in [1.807, 2.05) is 37.2 Å². The summed E-state index contributed by atoms with van der Waals surface area (Å²) in [6.07, 6.45) is 4.13. The van der Waals surface area contributed by atoms with Crippen LogP contribution in [0, 0.1) is 0 Å². The third-order valence-electron chi connectivity index (χ3n) is 4.40. The van der Waals surface area contributed by atoms with Gasteiger partial charge in [-0.2, -0.15) is 0 Å². The van der Waals surface area contributed by atoms with Gasteiger partial charge in [0, 0.05) is 20.6 Å². The molecule has 7 nitrogen and oxygen atoms in total. The molecular formula is C18H24N6O. The van der Waals surface area contributed by atoms with Gasteiger partial charge in [-0.1, -0.05) is 30.3 Å². The van der Waals surface area contributed by atoms with Crippen LogP contribution in [0.15, 0.2) is 42.7 Å². The number of aromatic nitrogens is 2. The zero-order valence-electron chi connectivity index (χ0n) is 14.8. The number of nitrogens with one attached hydrogen (secondary N) is 2. The molecule has 2 atom stereocenters. The number of anilines is 2. The number of benzene rings is 1. The third-order valence-corrected chi connectivity index (χ3v) is 4.40. The molecule has 2 amide bonds. The zero-order valence-corrected chi connectivity index (χ0v) is 14.8. The summed E-state index contributed by atoms with van der Waals surface area (Å²) in [5.74, 6) is 0.604. The molecule has 2 N–H and O–H groups in total. The van der Waals surface area contributed by atoms with Crippen LogP contribution in [0.3, 0.4) is 0 Å². The number of likely N-dealkylation sites (N-methyl/N-ethyl adjacent to an activating group) is 1. The number of urea groups is 1. The Labute approximate surface area is 148 Å². The maximum Gasteiger partial charge on any atom is 0.319 e. The lowest BCUT2D eigenvalue weighted by molar-refractivity contribution is 0.240. The van der Waals surface area contributed by atoms with Crippen molar-refractivity contribution in [1.82, 2.24) is 20.2 Å². The lowest BCUT2D eigenvalue weighted by Gasteiger charge is -2.26. The molecule has 1 aromatic carbocycles. The summed E-state index contributed by atoms with van der Waals surface area (Å²) in [4.78, 5) is 24.8. The van der Waals surface area contributed by atoms with Crippen LogP contribution in [-0.2, 0) is 0 Å². The van der Waals surface area contributed by atoms with Gasteiger partial charge in [-0.25, -0.2) is 14.8 Å². The molecular weight excluding hydrogens is 316 g/mol. The summed E-state index contributed by atoms with van der Waals surface area (Å²) in [7, 11) is 5.83. The number of likely N-dealkylation sites (tertiary alicyclic amines) is 1. The second-order valence-corrected chi connectivity index (χ2v) is 6.50. The van der Waals surface area contributed by atoms with Gasteiger partial charge in [0.2, 0.25) is 5.95 Å². The Kier molecular flexibility index (Phi) is 5.14. The first-order valence-electron chi connectivity index (χ1n) is 8.36. The Bertz CT molecular complexity index is 703. The molecule has 1 fully saturated rings. The van der Waals surface area contributed by atoms with Gasteiger partial charge in [0.1, 0.15) is 0 Å². The fourth-order valence-corrected chi connectivity index (χ4v) is 3.19. The minimum Gasteiger partial charge on any atom is -0.347 e. The third kappa shape index (κ3) is 4.06. The summed E-state index contributed by atoms with van der Waals surface area (Å²) in [6.45, 7) is 0.950. The first kappa shape index (κ1) is 17.2. The summed E-state index contributed by atoms with van der Waals surface area (Å²) in [5, 5.41) is 5.90. The van der Waals surface area contributed by atoms with E-state index in [1.165, 1.54) is 5.56 Å². The molecule has 132 valence electrons. The number of carbonyl (C=O) groups excluding carboxylic acids is 1. The van der Waals surface area contributed by atoms with E-state index in [-0.39, 0.29) is 18.1 Å². The fraction of sp³-hybridized carbons (Fsp3) is 0.389. The number of rotatable bonds is 4. The molecule has 2 aromatic rings. The normalized spacial score (nSPS) is 20.3. The number of nitrogens with zero attached hydrogens (tertiary/aromatic N) is 4. The number of hydrogen-bond acceptors (Lipinski definition) is 5. The zero-order chi connectivity index (χ0) is 17.8. The summed E-state index contributed by atoms with van der Waals surface area (Å²) in [5.41, 5.74) is 1.79. The van der Waals surface area contributed by atoms with Gasteiger partial charge >= 0.3 is 6.03 Å². The maximum atomic E-state index is 12.4. The molecule has 7 heteroatoms. The van der Waals surface area contributed by atoms with E-state index in [0.717, 1.165) is 13.0 Å². The second kappa shape index (κ2) is 7.48. The van der Waals surface area contributed by atoms with Gasteiger partial charge in [0.25, 0.3) is 0 Å². The highest BCUT2D eigenvalue weighted by atomic mass is 16.2. The minimum atomic E-state index is -0.234. The summed E-state index contributed by atoms with van der Waals surface area (Å²) < 4.78 is 0. The van der Waals surface area contributed by atoms with Crippen LogP contribution in [0.5, 0.6) is 0 Å². The van der Waals surface area contributed by atoms with Crippen LogP contribution in [0.4, 0.5) is 16.4 Å². The van der Waals surface area contributed by atoms with Crippen LogP contribution in [-0.4, -0.2) is 54.6 Å². The summed E-state index contributed by atoms with van der Waals surface area (Å²) in [6, 6.07) is 10.3. The molecule has 1 aliphatic heterocycles. The fourth-order valence-electron chi connectivity index (χ4n) is 3.19. The smallest absolute Gasteiger partial charge is 0.319 e. The van der Waals surface area contributed by atoms with Crippen molar-refractivity contribution < 1.29 is 4.79 Å². The van der Waals surface area contributed by atoms with Crippen molar-refractivity contribution in [2.75, 3.05) is 37.9 Å². The molecule has 0 spiro atoms. The predicted molar refractivity (Wildman–Crippen MR) is 98.7 cm³/mol. The summed E-state index contributed by atoms with van der Waals surface area (Å²) >= 11 is 0. The first-order chi connectivity index (χ1) is 12.0. The Balaban J connectivity index is 1.63. The van der Waals surface area contributed by atoms with Crippen LogP contribution in [0.2, 0.25) is 0 Å². The lowest BCUT2D eigenvalue weighted by Crippen LogP contribution is -2.41. The van der Waals surface area contributed by atoms with Crippen molar-refractivity contribution in [3.63, 3.8) is 0 Å². The molecule has 2 heterocycles. The topological polar surface area (TPSA) is 73.4 Å². The SMILES string of the molecule is CN(C)c1ncc(NC(=O)N[C@@H]2CCN(C)[C@@H]2c2ccccc2)cn1. The highest BCUT2D eigenvalue weighted by Crippen LogP contribution is 2.30. The Hall–Kier alpha value is -2.67. The molecule has 0 unspecified atom stereocenters. The Morgan fingerprint density at radius 1 is 1.20 bits per heavy atom. The highest BCUT2D eigenvalue weighted by molar-refractivity contribution is 5.89. The number of amides is 2. The Morgan fingerprint density at radius 3 is 2.52 bits per heavy atom. The van der Waals surface area contributed by atoms with Crippen molar-refractivity contribution in [1.29, 1.82) is 0 Å². The largest absolute Gasteiger partial charge is 0.347 e. The lowest BCUT2D eigenvalue weighted by atomic mass is 10.0. The monoisotopic (exact) mass is 340 g/mol. The van der Waals surface area contributed by atoms with Crippen molar-refractivity contribution in [3.8, 4) is 0 Å². The molecule has 0 radical (unpaired) electrons. The molecule has 1 aromatic heterocycles. The van der Waals surface area contributed by atoms with E-state index >= 15 is 0 Å². The molecule has 1 aliphatic rings. The van der Waals surface area contributed by atoms with E-state index in [9.17, 15) is 4.79 Å². The highest BCUT2D eigenvalue weighted by Gasteiger charge is 2.33. The number of hydrogen-bond donors (Lipinski definition) is 2. The quantitative estimate of drug-likeness (QED) is 0.892. The van der Waals surface area contributed by atoms with Crippen LogP contribution >= 0.6 is 0 Å². The Morgan fingerprint density at radius 2 is 1.88 bits per heavy atom. The van der Waals surface area contributed by atoms with Gasteiger partial charge in [-0.3, -0.25) is 4.90 Å². The van der Waals surface area contributed by atoms with E-state index in [4.69, 9.17) is 0 Å². The van der Waals surface area contributed by atoms with Gasteiger partial charge in [0.05, 0.1) is 30.2 Å². The van der Waals surface area contributed by atoms with E-state index in [2.05, 4.69) is 44.7 Å². The van der Waals surface area contributed by atoms with Crippen LogP contribution in [0.25, 0.3) is 0 Å². The number of carbonyl (C=O) groups is 1.